The van der Waals surface area contributed by atoms with E-state index in [-0.39, 0.29) is 6.17 Å². The van der Waals surface area contributed by atoms with Gasteiger partial charge in [0.25, 0.3) is 0 Å². The van der Waals surface area contributed by atoms with Crippen molar-refractivity contribution in [2.45, 2.75) is 25.6 Å². The summed E-state index contributed by atoms with van der Waals surface area (Å²) >= 11 is 5.20. The highest BCUT2D eigenvalue weighted by atomic mass is 32.1. The minimum atomic E-state index is -0.504. The van der Waals surface area contributed by atoms with Gasteiger partial charge in [-0.05, 0) is 19.4 Å². The van der Waals surface area contributed by atoms with Gasteiger partial charge in [-0.3, -0.25) is 0 Å². The molecule has 0 radical (unpaired) electrons. The Balaban J connectivity index is 2.32. The molecule has 1 aromatic rings. The van der Waals surface area contributed by atoms with Crippen LogP contribution < -0.4 is 5.32 Å². The van der Waals surface area contributed by atoms with E-state index in [1.807, 2.05) is 44.2 Å². The molecular weight excluding hydrogens is 208 g/mol. The fourth-order valence-corrected chi connectivity index (χ4v) is 1.85. The molecule has 1 atom stereocenters. The molecule has 1 fully saturated rings. The van der Waals surface area contributed by atoms with Gasteiger partial charge in [0.1, 0.15) is 6.17 Å². The first-order valence-corrected chi connectivity index (χ1v) is 5.28. The van der Waals surface area contributed by atoms with Gasteiger partial charge in [-0.15, -0.1) is 0 Å². The Kier molecular flexibility index (Phi) is 2.50. The quantitative estimate of drug-likeness (QED) is 0.713. The molecule has 0 spiro atoms. The standard InChI is InChI=1S/C11H14N2OS/c1-11(2)10(15)12-9(13(11)14)8-6-4-3-5-7-8/h3-7,9,14H,1-2H3,(H,12,15). The van der Waals surface area contributed by atoms with Crippen LogP contribution in [0.3, 0.4) is 0 Å². The summed E-state index contributed by atoms with van der Waals surface area (Å²) in [5.74, 6) is 0. The van der Waals surface area contributed by atoms with Crippen molar-refractivity contribution in [1.82, 2.24) is 10.4 Å². The lowest BCUT2D eigenvalue weighted by molar-refractivity contribution is -0.159. The molecule has 1 heterocycles. The third-order valence-electron chi connectivity index (χ3n) is 2.76. The second-order valence-corrected chi connectivity index (χ2v) is 4.60. The zero-order valence-corrected chi connectivity index (χ0v) is 9.58. The van der Waals surface area contributed by atoms with Crippen molar-refractivity contribution in [3.8, 4) is 0 Å². The highest BCUT2D eigenvalue weighted by Gasteiger charge is 2.43. The van der Waals surface area contributed by atoms with Gasteiger partial charge in [0, 0.05) is 0 Å². The minimum Gasteiger partial charge on any atom is -0.357 e. The average molecular weight is 222 g/mol. The Morgan fingerprint density at radius 3 is 2.40 bits per heavy atom. The summed E-state index contributed by atoms with van der Waals surface area (Å²) in [6.45, 7) is 3.79. The molecule has 0 bridgehead atoms. The number of hydroxylamine groups is 2. The summed E-state index contributed by atoms with van der Waals surface area (Å²) < 4.78 is 0. The molecular formula is C11H14N2OS. The van der Waals surface area contributed by atoms with E-state index in [0.717, 1.165) is 5.56 Å². The van der Waals surface area contributed by atoms with E-state index in [1.54, 1.807) is 0 Å². The summed E-state index contributed by atoms with van der Waals surface area (Å²) in [4.78, 5) is 0.666. The van der Waals surface area contributed by atoms with Gasteiger partial charge in [0.2, 0.25) is 0 Å². The largest absolute Gasteiger partial charge is 0.357 e. The van der Waals surface area contributed by atoms with Gasteiger partial charge < -0.3 is 10.5 Å². The van der Waals surface area contributed by atoms with Gasteiger partial charge in [-0.1, -0.05) is 42.5 Å². The van der Waals surface area contributed by atoms with Crippen LogP contribution in [0.5, 0.6) is 0 Å². The molecule has 2 rings (SSSR count). The summed E-state index contributed by atoms with van der Waals surface area (Å²) in [6, 6.07) is 9.76. The van der Waals surface area contributed by atoms with Crippen LogP contribution in [0.4, 0.5) is 0 Å². The van der Waals surface area contributed by atoms with Gasteiger partial charge in [-0.25, -0.2) is 0 Å². The number of hydrogen-bond donors (Lipinski definition) is 2. The summed E-state index contributed by atoms with van der Waals surface area (Å²) in [5, 5.41) is 14.4. The zero-order valence-electron chi connectivity index (χ0n) is 8.77. The normalized spacial score (nSPS) is 25.3. The molecule has 1 aliphatic rings. The van der Waals surface area contributed by atoms with E-state index in [0.29, 0.717) is 4.99 Å². The van der Waals surface area contributed by atoms with Crippen LogP contribution in [0.15, 0.2) is 30.3 Å². The maximum Gasteiger partial charge on any atom is 0.130 e. The third-order valence-corrected chi connectivity index (χ3v) is 3.37. The molecule has 4 heteroatoms. The smallest absolute Gasteiger partial charge is 0.130 e. The first kappa shape index (κ1) is 10.5. The molecule has 1 unspecified atom stereocenters. The van der Waals surface area contributed by atoms with Crippen molar-refractivity contribution >= 4 is 17.2 Å². The fourth-order valence-electron chi connectivity index (χ4n) is 1.65. The van der Waals surface area contributed by atoms with E-state index in [9.17, 15) is 5.21 Å². The van der Waals surface area contributed by atoms with Crippen molar-refractivity contribution in [3.05, 3.63) is 35.9 Å². The monoisotopic (exact) mass is 222 g/mol. The predicted octanol–water partition coefficient (Wildman–Crippen LogP) is 2.09. The fraction of sp³-hybridized carbons (Fsp3) is 0.364. The highest BCUT2D eigenvalue weighted by Crippen LogP contribution is 2.31. The van der Waals surface area contributed by atoms with Crippen LogP contribution in [-0.2, 0) is 0 Å². The summed E-state index contributed by atoms with van der Waals surface area (Å²) in [6.07, 6.45) is -0.242. The Labute approximate surface area is 94.7 Å². The molecule has 0 saturated carbocycles. The van der Waals surface area contributed by atoms with E-state index >= 15 is 0 Å². The van der Waals surface area contributed by atoms with Gasteiger partial charge >= 0.3 is 0 Å². The predicted molar refractivity (Wildman–Crippen MR) is 62.6 cm³/mol. The molecule has 1 saturated heterocycles. The third kappa shape index (κ3) is 1.65. The molecule has 3 nitrogen and oxygen atoms in total. The van der Waals surface area contributed by atoms with Crippen LogP contribution in [0.2, 0.25) is 0 Å². The average Bonchev–Trinajstić information content (AvgIpc) is 2.44. The molecule has 0 aliphatic carbocycles. The second-order valence-electron chi connectivity index (χ2n) is 4.19. The molecule has 0 amide bonds. The van der Waals surface area contributed by atoms with Crippen LogP contribution >= 0.6 is 12.2 Å². The minimum absolute atomic E-state index is 0.242. The lowest BCUT2D eigenvalue weighted by atomic mass is 10.1. The Hall–Kier alpha value is -0.970. The molecule has 1 aliphatic heterocycles. The maximum absolute atomic E-state index is 10.0. The number of rotatable bonds is 1. The number of nitrogens with zero attached hydrogens (tertiary/aromatic N) is 1. The van der Waals surface area contributed by atoms with Crippen molar-refractivity contribution in [2.75, 3.05) is 0 Å². The van der Waals surface area contributed by atoms with Crippen LogP contribution in [0.1, 0.15) is 25.6 Å². The van der Waals surface area contributed by atoms with Gasteiger partial charge in [0.05, 0.1) is 10.5 Å². The molecule has 2 N–H and O–H groups in total. The Morgan fingerprint density at radius 1 is 1.33 bits per heavy atom. The summed E-state index contributed by atoms with van der Waals surface area (Å²) in [7, 11) is 0. The topological polar surface area (TPSA) is 35.5 Å². The molecule has 80 valence electrons. The molecule has 1 aromatic carbocycles. The first-order chi connectivity index (χ1) is 7.03. The molecule has 15 heavy (non-hydrogen) atoms. The highest BCUT2D eigenvalue weighted by molar-refractivity contribution is 7.80. The van der Waals surface area contributed by atoms with E-state index in [2.05, 4.69) is 5.32 Å². The number of hydrogen-bond acceptors (Lipinski definition) is 3. The van der Waals surface area contributed by atoms with Crippen LogP contribution in [0, 0.1) is 0 Å². The first-order valence-electron chi connectivity index (χ1n) is 4.87. The van der Waals surface area contributed by atoms with E-state index in [4.69, 9.17) is 12.2 Å². The second kappa shape index (κ2) is 3.56. The van der Waals surface area contributed by atoms with E-state index < -0.39 is 5.54 Å². The zero-order chi connectivity index (χ0) is 11.1. The number of nitrogens with one attached hydrogen (secondary N) is 1. The lowest BCUT2D eigenvalue weighted by Gasteiger charge is -2.26. The van der Waals surface area contributed by atoms with Crippen molar-refractivity contribution in [2.24, 2.45) is 0 Å². The van der Waals surface area contributed by atoms with Gasteiger partial charge in [0.15, 0.2) is 0 Å². The van der Waals surface area contributed by atoms with Crippen LogP contribution in [-0.4, -0.2) is 20.8 Å². The Bertz CT molecular complexity index is 377. The Morgan fingerprint density at radius 2 is 1.93 bits per heavy atom. The number of thiocarbonyl (C=S) groups is 1. The SMILES string of the molecule is CC1(C)C(=S)NC(c2ccccc2)N1O. The maximum atomic E-state index is 10.0. The van der Waals surface area contributed by atoms with E-state index in [1.165, 1.54) is 5.06 Å². The summed E-state index contributed by atoms with van der Waals surface area (Å²) in [5.41, 5.74) is 0.503. The van der Waals surface area contributed by atoms with Crippen molar-refractivity contribution in [1.29, 1.82) is 0 Å². The van der Waals surface area contributed by atoms with Crippen LogP contribution in [0.25, 0.3) is 0 Å². The van der Waals surface area contributed by atoms with Crippen molar-refractivity contribution in [3.63, 3.8) is 0 Å². The van der Waals surface area contributed by atoms with Gasteiger partial charge in [-0.2, -0.15) is 5.06 Å². The van der Waals surface area contributed by atoms with Crippen molar-refractivity contribution < 1.29 is 5.21 Å². The lowest BCUT2D eigenvalue weighted by Crippen LogP contribution is -2.40. The number of benzene rings is 1. The molecule has 0 aromatic heterocycles.